The van der Waals surface area contributed by atoms with Crippen LogP contribution in [0.3, 0.4) is 0 Å². The van der Waals surface area contributed by atoms with Crippen LogP contribution in [-0.4, -0.2) is 47.6 Å². The van der Waals surface area contributed by atoms with Crippen LogP contribution in [0.5, 0.6) is 0 Å². The number of fused-ring (bicyclic) bond motifs is 1. The summed E-state index contributed by atoms with van der Waals surface area (Å²) in [5.41, 5.74) is 2.14. The highest BCUT2D eigenvalue weighted by atomic mass is 32.2. The van der Waals surface area contributed by atoms with Crippen molar-refractivity contribution in [1.29, 1.82) is 0 Å². The molecule has 152 valence electrons. The van der Waals surface area contributed by atoms with Gasteiger partial charge in [0, 0.05) is 31.8 Å². The minimum Gasteiger partial charge on any atom is -0.337 e. The highest BCUT2D eigenvalue weighted by molar-refractivity contribution is 7.89. The number of sulfonamides is 1. The second kappa shape index (κ2) is 7.57. The lowest BCUT2D eigenvalue weighted by molar-refractivity contribution is -0.384. The predicted octanol–water partition coefficient (Wildman–Crippen LogP) is 2.33. The minimum atomic E-state index is -3.91. The average molecular weight is 415 g/mol. The topological polar surface area (TPSA) is 101 Å². The summed E-state index contributed by atoms with van der Waals surface area (Å²) in [5.74, 6) is -0.178. The maximum absolute atomic E-state index is 13.2. The largest absolute Gasteiger partial charge is 0.337 e. The van der Waals surface area contributed by atoms with Crippen molar-refractivity contribution >= 4 is 21.6 Å². The zero-order valence-electron chi connectivity index (χ0n) is 15.7. The van der Waals surface area contributed by atoms with Crippen molar-refractivity contribution in [3.63, 3.8) is 0 Å². The maximum atomic E-state index is 13.2. The Kier molecular flexibility index (Phi) is 5.10. The van der Waals surface area contributed by atoms with Gasteiger partial charge in [-0.3, -0.25) is 14.9 Å². The van der Waals surface area contributed by atoms with Crippen LogP contribution < -0.4 is 0 Å². The Morgan fingerprint density at radius 2 is 1.72 bits per heavy atom. The average Bonchev–Trinajstić information content (AvgIpc) is 3.23. The smallest absolute Gasteiger partial charge is 0.269 e. The summed E-state index contributed by atoms with van der Waals surface area (Å²) in [5, 5.41) is 10.8. The molecule has 1 amide bonds. The van der Waals surface area contributed by atoms with E-state index in [4.69, 9.17) is 0 Å². The Labute approximate surface area is 168 Å². The van der Waals surface area contributed by atoms with Gasteiger partial charge in [-0.2, -0.15) is 4.31 Å². The second-order valence-electron chi connectivity index (χ2n) is 7.30. The van der Waals surface area contributed by atoms with Gasteiger partial charge < -0.3 is 4.90 Å². The molecular formula is C20H21N3O5S. The van der Waals surface area contributed by atoms with Crippen LogP contribution in [0.4, 0.5) is 5.69 Å². The normalized spacial score (nSPS) is 19.7. The summed E-state index contributed by atoms with van der Waals surface area (Å²) in [7, 11) is -3.91. The van der Waals surface area contributed by atoms with E-state index in [0.717, 1.165) is 12.0 Å². The highest BCUT2D eigenvalue weighted by Crippen LogP contribution is 2.29. The molecule has 0 spiro atoms. The van der Waals surface area contributed by atoms with Gasteiger partial charge in [0.2, 0.25) is 15.9 Å². The molecule has 1 fully saturated rings. The fourth-order valence-electron chi connectivity index (χ4n) is 4.04. The first-order chi connectivity index (χ1) is 13.9. The van der Waals surface area contributed by atoms with Gasteiger partial charge in [0.25, 0.3) is 5.69 Å². The zero-order chi connectivity index (χ0) is 20.6. The second-order valence-corrected chi connectivity index (χ2v) is 9.19. The maximum Gasteiger partial charge on any atom is 0.269 e. The van der Waals surface area contributed by atoms with Crippen molar-refractivity contribution in [3.8, 4) is 0 Å². The Bertz CT molecular complexity index is 1050. The molecule has 0 radical (unpaired) electrons. The monoisotopic (exact) mass is 415 g/mol. The number of nitro groups is 1. The molecule has 9 heteroatoms. The number of hydrogen-bond donors (Lipinski definition) is 0. The molecule has 29 heavy (non-hydrogen) atoms. The van der Waals surface area contributed by atoms with E-state index in [0.29, 0.717) is 25.9 Å². The van der Waals surface area contributed by atoms with Crippen molar-refractivity contribution in [2.24, 2.45) is 0 Å². The fraction of sp³-hybridized carbons (Fsp3) is 0.350. The number of hydrogen-bond acceptors (Lipinski definition) is 5. The number of carbonyl (C=O) groups is 1. The van der Waals surface area contributed by atoms with Gasteiger partial charge in [-0.25, -0.2) is 8.42 Å². The molecule has 0 aromatic heterocycles. The van der Waals surface area contributed by atoms with Crippen molar-refractivity contribution < 1.29 is 18.1 Å². The summed E-state index contributed by atoms with van der Waals surface area (Å²) in [6.07, 6.45) is 1.83. The zero-order valence-corrected chi connectivity index (χ0v) is 16.5. The molecule has 0 N–H and O–H groups in total. The number of carbonyl (C=O) groups excluding carboxylic acids is 1. The lowest BCUT2D eigenvalue weighted by Crippen LogP contribution is -2.49. The molecule has 2 aromatic rings. The third-order valence-electron chi connectivity index (χ3n) is 5.59. The summed E-state index contributed by atoms with van der Waals surface area (Å²) in [6.45, 7) is 1.31. The first-order valence-corrected chi connectivity index (χ1v) is 10.9. The fourth-order valence-corrected chi connectivity index (χ4v) is 5.70. The first-order valence-electron chi connectivity index (χ1n) is 9.50. The van der Waals surface area contributed by atoms with Crippen molar-refractivity contribution in [1.82, 2.24) is 9.21 Å². The summed E-state index contributed by atoms with van der Waals surface area (Å²) in [4.78, 5) is 25.1. The molecule has 0 aliphatic carbocycles. The molecule has 2 aliphatic heterocycles. The quantitative estimate of drug-likeness (QED) is 0.563. The van der Waals surface area contributed by atoms with Crippen molar-refractivity contribution in [2.75, 3.05) is 13.1 Å². The number of nitrogens with zero attached hydrogens (tertiary/aromatic N) is 3. The van der Waals surface area contributed by atoms with Gasteiger partial charge in [0.1, 0.15) is 6.04 Å². The Balaban J connectivity index is 1.55. The first kappa shape index (κ1) is 19.5. The van der Waals surface area contributed by atoms with Gasteiger partial charge in [0.15, 0.2) is 0 Å². The number of amides is 1. The Morgan fingerprint density at radius 1 is 1.03 bits per heavy atom. The van der Waals surface area contributed by atoms with Crippen LogP contribution in [0.1, 0.15) is 24.0 Å². The van der Waals surface area contributed by atoms with Crippen LogP contribution in [0.25, 0.3) is 0 Å². The van der Waals surface area contributed by atoms with E-state index in [1.165, 1.54) is 34.1 Å². The Morgan fingerprint density at radius 3 is 2.41 bits per heavy atom. The molecule has 1 unspecified atom stereocenters. The molecule has 1 atom stereocenters. The molecule has 1 saturated heterocycles. The van der Waals surface area contributed by atoms with Gasteiger partial charge in [0.05, 0.1) is 9.82 Å². The SMILES string of the molecule is O=C(C1CCCN1S(=O)(=O)c1ccc([N+](=O)[O-])cc1)N1CCc2ccccc2C1. The van der Waals surface area contributed by atoms with Gasteiger partial charge in [-0.15, -0.1) is 0 Å². The third-order valence-corrected chi connectivity index (χ3v) is 7.51. The molecule has 0 bridgehead atoms. The van der Waals surface area contributed by atoms with Crippen LogP contribution in [0.15, 0.2) is 53.4 Å². The number of non-ortho nitro benzene ring substituents is 1. The predicted molar refractivity (Wildman–Crippen MR) is 106 cm³/mol. The van der Waals surface area contributed by atoms with Crippen molar-refractivity contribution in [2.45, 2.75) is 36.7 Å². The van der Waals surface area contributed by atoms with Crippen LogP contribution >= 0.6 is 0 Å². The highest BCUT2D eigenvalue weighted by Gasteiger charge is 2.41. The van der Waals surface area contributed by atoms with E-state index in [9.17, 15) is 23.3 Å². The summed E-state index contributed by atoms with van der Waals surface area (Å²) < 4.78 is 27.4. The minimum absolute atomic E-state index is 0.0354. The van der Waals surface area contributed by atoms with E-state index >= 15 is 0 Å². The number of nitro benzene ring substituents is 1. The molecular weight excluding hydrogens is 394 g/mol. The van der Waals surface area contributed by atoms with Crippen LogP contribution in [-0.2, 0) is 27.8 Å². The lowest BCUT2D eigenvalue weighted by atomic mass is 9.99. The molecule has 4 rings (SSSR count). The Hall–Kier alpha value is -2.78. The van der Waals surface area contributed by atoms with E-state index in [1.54, 1.807) is 4.90 Å². The molecule has 8 nitrogen and oxygen atoms in total. The van der Waals surface area contributed by atoms with Gasteiger partial charge >= 0.3 is 0 Å². The van der Waals surface area contributed by atoms with Crippen LogP contribution in [0, 0.1) is 10.1 Å². The van der Waals surface area contributed by atoms with Crippen molar-refractivity contribution in [3.05, 3.63) is 69.8 Å². The van der Waals surface area contributed by atoms with E-state index in [1.807, 2.05) is 18.2 Å². The molecule has 2 aromatic carbocycles. The van der Waals surface area contributed by atoms with E-state index in [-0.39, 0.29) is 23.0 Å². The standard InChI is InChI=1S/C20H21N3O5S/c24-20(21-13-11-15-4-1-2-5-16(15)14-21)19-6-3-12-22(19)29(27,28)18-9-7-17(8-10-18)23(25)26/h1-2,4-5,7-10,19H,3,6,11-14H2. The number of rotatable bonds is 4. The molecule has 2 heterocycles. The number of benzene rings is 2. The van der Waals surface area contributed by atoms with E-state index in [2.05, 4.69) is 6.07 Å². The van der Waals surface area contributed by atoms with Gasteiger partial charge in [-0.1, -0.05) is 24.3 Å². The summed E-state index contributed by atoms with van der Waals surface area (Å²) >= 11 is 0. The third kappa shape index (κ3) is 3.63. The lowest BCUT2D eigenvalue weighted by Gasteiger charge is -2.33. The van der Waals surface area contributed by atoms with E-state index < -0.39 is 21.0 Å². The summed E-state index contributed by atoms with van der Waals surface area (Å²) in [6, 6.07) is 12.0. The molecule has 0 saturated carbocycles. The van der Waals surface area contributed by atoms with Gasteiger partial charge in [-0.05, 0) is 42.5 Å². The molecule has 2 aliphatic rings. The van der Waals surface area contributed by atoms with Crippen LogP contribution in [0.2, 0.25) is 0 Å².